The number of rotatable bonds is 8. The molecule has 1 aromatic heterocycles. The fourth-order valence-corrected chi connectivity index (χ4v) is 2.85. The smallest absolute Gasteiger partial charge is 0.123 e. The van der Waals surface area contributed by atoms with Gasteiger partial charge in [-0.15, -0.1) is 0 Å². The van der Waals surface area contributed by atoms with Crippen LogP contribution in [0.15, 0.2) is 34.7 Å². The van der Waals surface area contributed by atoms with Gasteiger partial charge in [0.15, 0.2) is 0 Å². The minimum Gasteiger partial charge on any atom is -0.497 e. The van der Waals surface area contributed by atoms with Crippen LogP contribution in [0.4, 0.5) is 0 Å². The predicted molar refractivity (Wildman–Crippen MR) is 103 cm³/mol. The van der Waals surface area contributed by atoms with Crippen LogP contribution in [0.2, 0.25) is 0 Å². The molecule has 26 heavy (non-hydrogen) atoms. The predicted octanol–water partition coefficient (Wildman–Crippen LogP) is 3.77. The Morgan fingerprint density at radius 3 is 2.50 bits per heavy atom. The maximum atomic E-state index is 10.3. The molecule has 2 aromatic rings. The van der Waals surface area contributed by atoms with E-state index in [0.29, 0.717) is 13.1 Å². The lowest BCUT2D eigenvalue weighted by molar-refractivity contribution is 0.0717. The van der Waals surface area contributed by atoms with Gasteiger partial charge in [0.25, 0.3) is 0 Å². The van der Waals surface area contributed by atoms with Gasteiger partial charge in [-0.1, -0.05) is 20.8 Å². The quantitative estimate of drug-likeness (QED) is 0.776. The first kappa shape index (κ1) is 20.3. The van der Waals surface area contributed by atoms with E-state index >= 15 is 0 Å². The van der Waals surface area contributed by atoms with E-state index in [0.717, 1.165) is 28.6 Å². The molecule has 5 heteroatoms. The van der Waals surface area contributed by atoms with Crippen LogP contribution < -0.4 is 9.47 Å². The Hall–Kier alpha value is -1.98. The van der Waals surface area contributed by atoms with Gasteiger partial charge in [0.1, 0.15) is 35.7 Å². The van der Waals surface area contributed by atoms with Crippen molar-refractivity contribution in [2.75, 3.05) is 27.3 Å². The van der Waals surface area contributed by atoms with Gasteiger partial charge in [0, 0.05) is 12.1 Å². The highest BCUT2D eigenvalue weighted by atomic mass is 16.5. The van der Waals surface area contributed by atoms with Crippen molar-refractivity contribution in [3.8, 4) is 11.5 Å². The summed E-state index contributed by atoms with van der Waals surface area (Å²) in [6.07, 6.45) is -0.592. The summed E-state index contributed by atoms with van der Waals surface area (Å²) in [5.41, 5.74) is 0.978. The largest absolute Gasteiger partial charge is 0.497 e. The summed E-state index contributed by atoms with van der Waals surface area (Å²) in [7, 11) is 3.61. The Balaban J connectivity index is 1.93. The molecule has 1 aromatic carbocycles. The molecule has 0 spiro atoms. The van der Waals surface area contributed by atoms with Crippen LogP contribution >= 0.6 is 0 Å². The molecule has 1 unspecified atom stereocenters. The number of nitrogens with zero attached hydrogens (tertiary/aromatic N) is 1. The molecule has 2 rings (SSSR count). The third-order valence-corrected chi connectivity index (χ3v) is 4.17. The summed E-state index contributed by atoms with van der Waals surface area (Å²) >= 11 is 0. The molecule has 0 aliphatic heterocycles. The van der Waals surface area contributed by atoms with Crippen molar-refractivity contribution in [2.24, 2.45) is 0 Å². The monoisotopic (exact) mass is 361 g/mol. The Bertz CT molecular complexity index is 702. The zero-order valence-corrected chi connectivity index (χ0v) is 16.7. The van der Waals surface area contributed by atoms with Gasteiger partial charge >= 0.3 is 0 Å². The number of benzene rings is 1. The number of methoxy groups -OCH3 is 1. The molecule has 0 aliphatic rings. The number of furan rings is 1. The molecule has 144 valence electrons. The second kappa shape index (κ2) is 8.60. The number of ether oxygens (including phenoxy) is 2. The zero-order valence-electron chi connectivity index (χ0n) is 16.7. The lowest BCUT2D eigenvalue weighted by Gasteiger charge is -2.25. The molecule has 0 radical (unpaired) electrons. The summed E-state index contributed by atoms with van der Waals surface area (Å²) in [5.74, 6) is 3.37. The van der Waals surface area contributed by atoms with E-state index in [-0.39, 0.29) is 12.0 Å². The van der Waals surface area contributed by atoms with E-state index < -0.39 is 6.10 Å². The molecule has 0 fully saturated rings. The molecule has 1 heterocycles. The minimum absolute atomic E-state index is 0.0806. The van der Waals surface area contributed by atoms with Gasteiger partial charge in [-0.05, 0) is 49.7 Å². The Kier molecular flexibility index (Phi) is 6.73. The molecule has 0 bridgehead atoms. The lowest BCUT2D eigenvalue weighted by Crippen LogP contribution is -2.33. The van der Waals surface area contributed by atoms with E-state index in [1.54, 1.807) is 7.11 Å². The molecule has 1 N–H and O–H groups in total. The summed E-state index contributed by atoms with van der Waals surface area (Å²) in [4.78, 5) is 2.02. The highest BCUT2D eigenvalue weighted by Gasteiger charge is 2.21. The van der Waals surface area contributed by atoms with Crippen LogP contribution in [0.1, 0.15) is 37.9 Å². The fraction of sp³-hybridized carbons (Fsp3) is 0.524. The molecule has 0 saturated carbocycles. The standard InChI is InChI=1S/C21H31NO4/c1-15-7-8-18(26-15)13-22(5)12-16(23)14-25-20-10-9-17(24-6)11-19(20)21(2,3)4/h7-11,16,23H,12-14H2,1-6H3. The molecular formula is C21H31NO4. The summed E-state index contributed by atoms with van der Waals surface area (Å²) in [5, 5.41) is 10.3. The number of aliphatic hydroxyl groups is 1. The van der Waals surface area contributed by atoms with Gasteiger partial charge in [-0.3, -0.25) is 4.90 Å². The van der Waals surface area contributed by atoms with Crippen LogP contribution in [0.25, 0.3) is 0 Å². The van der Waals surface area contributed by atoms with Crippen molar-refractivity contribution in [2.45, 2.75) is 45.8 Å². The number of likely N-dealkylation sites (N-methyl/N-ethyl adjacent to an activating group) is 1. The Morgan fingerprint density at radius 1 is 1.19 bits per heavy atom. The van der Waals surface area contributed by atoms with Crippen LogP contribution in [-0.4, -0.2) is 43.4 Å². The number of aryl methyl sites for hydroxylation is 1. The van der Waals surface area contributed by atoms with Crippen molar-refractivity contribution in [1.29, 1.82) is 0 Å². The van der Waals surface area contributed by atoms with Gasteiger partial charge in [-0.25, -0.2) is 0 Å². The van der Waals surface area contributed by atoms with E-state index in [1.165, 1.54) is 0 Å². The average molecular weight is 361 g/mol. The summed E-state index contributed by atoms with van der Waals surface area (Å²) < 4.78 is 16.8. The number of hydrogen-bond acceptors (Lipinski definition) is 5. The summed E-state index contributed by atoms with van der Waals surface area (Å²) in [6, 6.07) is 9.68. The van der Waals surface area contributed by atoms with Crippen molar-refractivity contribution in [3.05, 3.63) is 47.4 Å². The first-order chi connectivity index (χ1) is 12.2. The first-order valence-corrected chi connectivity index (χ1v) is 8.92. The van der Waals surface area contributed by atoms with Crippen molar-refractivity contribution >= 4 is 0 Å². The van der Waals surface area contributed by atoms with Gasteiger partial charge < -0.3 is 19.0 Å². The number of hydrogen-bond donors (Lipinski definition) is 1. The minimum atomic E-state index is -0.592. The third kappa shape index (κ3) is 5.78. The van der Waals surface area contributed by atoms with Crippen molar-refractivity contribution in [3.63, 3.8) is 0 Å². The molecular weight excluding hydrogens is 330 g/mol. The van der Waals surface area contributed by atoms with Crippen LogP contribution in [0.3, 0.4) is 0 Å². The molecule has 0 aliphatic carbocycles. The average Bonchev–Trinajstić information content (AvgIpc) is 2.96. The fourth-order valence-electron chi connectivity index (χ4n) is 2.85. The van der Waals surface area contributed by atoms with Crippen LogP contribution in [-0.2, 0) is 12.0 Å². The Labute approximate surface area is 156 Å². The maximum absolute atomic E-state index is 10.3. The van der Waals surface area contributed by atoms with E-state index in [1.807, 2.05) is 49.2 Å². The van der Waals surface area contributed by atoms with Gasteiger partial charge in [0.05, 0.1) is 13.7 Å². The third-order valence-electron chi connectivity index (χ3n) is 4.17. The molecule has 1 atom stereocenters. The van der Waals surface area contributed by atoms with E-state index in [2.05, 4.69) is 20.8 Å². The highest BCUT2D eigenvalue weighted by Crippen LogP contribution is 2.34. The zero-order chi connectivity index (χ0) is 19.3. The summed E-state index contributed by atoms with van der Waals surface area (Å²) in [6.45, 7) is 9.70. The molecule has 5 nitrogen and oxygen atoms in total. The SMILES string of the molecule is COc1ccc(OCC(O)CN(C)Cc2ccc(C)o2)c(C(C)(C)C)c1. The first-order valence-electron chi connectivity index (χ1n) is 8.92. The molecule has 0 saturated heterocycles. The normalized spacial score (nSPS) is 13.1. The van der Waals surface area contributed by atoms with E-state index in [9.17, 15) is 5.11 Å². The topological polar surface area (TPSA) is 55.1 Å². The number of aliphatic hydroxyl groups excluding tert-OH is 1. The van der Waals surface area contributed by atoms with Crippen LogP contribution in [0, 0.1) is 6.92 Å². The Morgan fingerprint density at radius 2 is 1.92 bits per heavy atom. The van der Waals surface area contributed by atoms with Crippen molar-refractivity contribution < 1.29 is 19.0 Å². The maximum Gasteiger partial charge on any atom is 0.123 e. The second-order valence-corrected chi connectivity index (χ2v) is 7.79. The lowest BCUT2D eigenvalue weighted by atomic mass is 9.86. The second-order valence-electron chi connectivity index (χ2n) is 7.79. The van der Waals surface area contributed by atoms with Gasteiger partial charge in [0.2, 0.25) is 0 Å². The molecule has 0 amide bonds. The van der Waals surface area contributed by atoms with Gasteiger partial charge in [-0.2, -0.15) is 0 Å². The van der Waals surface area contributed by atoms with Crippen molar-refractivity contribution in [1.82, 2.24) is 4.90 Å². The highest BCUT2D eigenvalue weighted by molar-refractivity contribution is 5.44. The van der Waals surface area contributed by atoms with Crippen LogP contribution in [0.5, 0.6) is 11.5 Å². The van der Waals surface area contributed by atoms with E-state index in [4.69, 9.17) is 13.9 Å².